The van der Waals surface area contributed by atoms with Gasteiger partial charge < -0.3 is 34.6 Å². The molecule has 5 rings (SSSR count). The lowest BCUT2D eigenvalue weighted by molar-refractivity contribution is 0.104. The van der Waals surface area contributed by atoms with Crippen molar-refractivity contribution in [2.75, 3.05) is 40.6 Å². The van der Waals surface area contributed by atoms with Crippen LogP contribution in [0.3, 0.4) is 0 Å². The third kappa shape index (κ3) is 3.32. The Bertz CT molecular complexity index is 1330. The minimum Gasteiger partial charge on any atom is -0.493 e. The van der Waals surface area contributed by atoms with Crippen molar-refractivity contribution in [3.8, 4) is 34.3 Å². The number of hydrogen-bond acceptors (Lipinski definition) is 8. The SMILES string of the molecule is COc1cc2c3c(n(CCCNCCN)c(=O)c2cc1OC)-c1cc2c(cc1C3=O)OCO2. The molecular formula is C24H25N3O6. The van der Waals surface area contributed by atoms with E-state index in [0.717, 1.165) is 0 Å². The molecule has 0 unspecified atom stereocenters. The summed E-state index contributed by atoms with van der Waals surface area (Å²) in [6.45, 7) is 2.48. The van der Waals surface area contributed by atoms with Gasteiger partial charge in [0.1, 0.15) is 0 Å². The van der Waals surface area contributed by atoms with Gasteiger partial charge in [0.05, 0.1) is 30.9 Å². The number of pyridine rings is 1. The smallest absolute Gasteiger partial charge is 0.259 e. The van der Waals surface area contributed by atoms with Crippen molar-refractivity contribution in [1.29, 1.82) is 0 Å². The van der Waals surface area contributed by atoms with E-state index < -0.39 is 0 Å². The summed E-state index contributed by atoms with van der Waals surface area (Å²) in [6, 6.07) is 6.83. The highest BCUT2D eigenvalue weighted by atomic mass is 16.7. The number of hydrogen-bond donors (Lipinski definition) is 2. The number of nitrogens with two attached hydrogens (primary N) is 1. The number of benzene rings is 2. The highest BCUT2D eigenvalue weighted by Crippen LogP contribution is 2.46. The van der Waals surface area contributed by atoms with Crippen molar-refractivity contribution in [2.24, 2.45) is 5.73 Å². The normalized spacial score (nSPS) is 13.4. The maximum atomic E-state index is 13.7. The molecule has 9 nitrogen and oxygen atoms in total. The highest BCUT2D eigenvalue weighted by Gasteiger charge is 2.35. The number of ether oxygens (including phenoxy) is 4. The lowest BCUT2D eigenvalue weighted by atomic mass is 10.0. The van der Waals surface area contributed by atoms with E-state index in [1.54, 1.807) is 28.8 Å². The molecule has 172 valence electrons. The number of aromatic nitrogens is 1. The number of methoxy groups -OCH3 is 2. The minimum absolute atomic E-state index is 0.105. The number of rotatable bonds is 8. The Morgan fingerprint density at radius 2 is 1.64 bits per heavy atom. The summed E-state index contributed by atoms with van der Waals surface area (Å²) in [4.78, 5) is 27.3. The van der Waals surface area contributed by atoms with Crippen LogP contribution >= 0.6 is 0 Å². The van der Waals surface area contributed by atoms with E-state index in [1.807, 2.05) is 0 Å². The van der Waals surface area contributed by atoms with Gasteiger partial charge in [0.25, 0.3) is 5.56 Å². The number of nitrogens with zero attached hydrogens (tertiary/aromatic N) is 1. The molecule has 1 aromatic heterocycles. The largest absolute Gasteiger partial charge is 0.493 e. The van der Waals surface area contributed by atoms with E-state index in [-0.39, 0.29) is 18.1 Å². The average Bonchev–Trinajstić information content (AvgIpc) is 3.40. The van der Waals surface area contributed by atoms with E-state index in [9.17, 15) is 9.59 Å². The van der Waals surface area contributed by atoms with Gasteiger partial charge in [-0.2, -0.15) is 0 Å². The zero-order valence-electron chi connectivity index (χ0n) is 18.5. The monoisotopic (exact) mass is 451 g/mol. The van der Waals surface area contributed by atoms with Crippen molar-refractivity contribution in [3.63, 3.8) is 0 Å². The van der Waals surface area contributed by atoms with Gasteiger partial charge in [0, 0.05) is 36.1 Å². The first-order chi connectivity index (χ1) is 16.1. The van der Waals surface area contributed by atoms with Crippen LogP contribution in [-0.4, -0.2) is 51.0 Å². The van der Waals surface area contributed by atoms with E-state index in [0.29, 0.717) is 88.8 Å². The van der Waals surface area contributed by atoms with Crippen LogP contribution in [0.4, 0.5) is 0 Å². The first-order valence-electron chi connectivity index (χ1n) is 10.8. The molecular weight excluding hydrogens is 426 g/mol. The van der Waals surface area contributed by atoms with Gasteiger partial charge in [0.15, 0.2) is 28.8 Å². The Balaban J connectivity index is 1.75. The summed E-state index contributed by atoms with van der Waals surface area (Å²) in [5.41, 5.74) is 7.58. The summed E-state index contributed by atoms with van der Waals surface area (Å²) < 4.78 is 23.6. The summed E-state index contributed by atoms with van der Waals surface area (Å²) >= 11 is 0. The zero-order valence-corrected chi connectivity index (χ0v) is 18.5. The van der Waals surface area contributed by atoms with E-state index >= 15 is 0 Å². The number of ketones is 1. The van der Waals surface area contributed by atoms with Gasteiger partial charge in [-0.05, 0) is 37.2 Å². The summed E-state index contributed by atoms with van der Waals surface area (Å²) in [5.74, 6) is 1.81. The van der Waals surface area contributed by atoms with E-state index in [4.69, 9.17) is 24.7 Å². The molecule has 2 aromatic carbocycles. The molecule has 3 N–H and O–H groups in total. The Morgan fingerprint density at radius 3 is 2.30 bits per heavy atom. The van der Waals surface area contributed by atoms with Crippen LogP contribution in [0.1, 0.15) is 22.3 Å². The number of nitrogens with one attached hydrogen (secondary N) is 1. The zero-order chi connectivity index (χ0) is 23.1. The molecule has 2 aliphatic rings. The molecule has 2 heterocycles. The molecule has 1 aliphatic heterocycles. The molecule has 0 saturated heterocycles. The topological polar surface area (TPSA) is 114 Å². The minimum atomic E-state index is -0.193. The molecule has 1 aliphatic carbocycles. The van der Waals surface area contributed by atoms with Crippen molar-refractivity contribution in [1.82, 2.24) is 9.88 Å². The molecule has 33 heavy (non-hydrogen) atoms. The molecule has 3 aromatic rings. The second-order valence-corrected chi connectivity index (χ2v) is 7.91. The van der Waals surface area contributed by atoms with Gasteiger partial charge >= 0.3 is 0 Å². The van der Waals surface area contributed by atoms with Gasteiger partial charge in [-0.15, -0.1) is 0 Å². The van der Waals surface area contributed by atoms with Gasteiger partial charge in [0.2, 0.25) is 6.79 Å². The first-order valence-corrected chi connectivity index (χ1v) is 10.8. The van der Waals surface area contributed by atoms with Crippen LogP contribution in [0.25, 0.3) is 22.0 Å². The molecule has 0 saturated carbocycles. The Morgan fingerprint density at radius 1 is 0.970 bits per heavy atom. The summed E-state index contributed by atoms with van der Waals surface area (Å²) in [5, 5.41) is 4.19. The number of carbonyl (C=O) groups excluding carboxylic acids is 1. The molecule has 0 radical (unpaired) electrons. The molecule has 0 amide bonds. The van der Waals surface area contributed by atoms with Crippen LogP contribution in [0.15, 0.2) is 29.1 Å². The second kappa shape index (κ2) is 8.42. The fourth-order valence-electron chi connectivity index (χ4n) is 4.55. The number of fused-ring (bicyclic) bond motifs is 6. The predicted octanol–water partition coefficient (Wildman–Crippen LogP) is 1.90. The van der Waals surface area contributed by atoms with Gasteiger partial charge in [-0.1, -0.05) is 0 Å². The quantitative estimate of drug-likeness (QED) is 0.391. The van der Waals surface area contributed by atoms with Crippen LogP contribution in [0, 0.1) is 0 Å². The second-order valence-electron chi connectivity index (χ2n) is 7.91. The fraction of sp³-hybridized carbons (Fsp3) is 0.333. The third-order valence-electron chi connectivity index (χ3n) is 6.07. The van der Waals surface area contributed by atoms with Crippen molar-refractivity contribution in [3.05, 3.63) is 45.7 Å². The lowest BCUT2D eigenvalue weighted by Crippen LogP contribution is -2.27. The van der Waals surface area contributed by atoms with Crippen molar-refractivity contribution < 1.29 is 23.7 Å². The molecule has 0 spiro atoms. The average molecular weight is 451 g/mol. The molecule has 9 heteroatoms. The molecule has 0 fully saturated rings. The van der Waals surface area contributed by atoms with E-state index in [1.165, 1.54) is 14.2 Å². The molecule has 0 atom stereocenters. The van der Waals surface area contributed by atoms with Crippen LogP contribution < -0.4 is 35.6 Å². The fourth-order valence-corrected chi connectivity index (χ4v) is 4.55. The maximum Gasteiger partial charge on any atom is 0.259 e. The molecule has 0 bridgehead atoms. The van der Waals surface area contributed by atoms with Gasteiger partial charge in [-0.25, -0.2) is 0 Å². The summed E-state index contributed by atoms with van der Waals surface area (Å²) in [7, 11) is 3.04. The Kier molecular flexibility index (Phi) is 5.43. The van der Waals surface area contributed by atoms with Crippen LogP contribution in [0.2, 0.25) is 0 Å². The summed E-state index contributed by atoms with van der Waals surface area (Å²) in [6.07, 6.45) is 0.694. The van der Waals surface area contributed by atoms with E-state index in [2.05, 4.69) is 5.32 Å². The Hall–Kier alpha value is -3.56. The Labute approximate surface area is 190 Å². The maximum absolute atomic E-state index is 13.7. The lowest BCUT2D eigenvalue weighted by Gasteiger charge is -2.17. The van der Waals surface area contributed by atoms with Gasteiger partial charge in [-0.3, -0.25) is 9.59 Å². The van der Waals surface area contributed by atoms with Crippen LogP contribution in [0.5, 0.6) is 23.0 Å². The van der Waals surface area contributed by atoms with Crippen LogP contribution in [-0.2, 0) is 6.54 Å². The highest BCUT2D eigenvalue weighted by molar-refractivity contribution is 6.27. The predicted molar refractivity (Wildman–Crippen MR) is 123 cm³/mol. The standard InChI is InChI=1S/C24H25N3O6/c1-30-17-8-13-16(11-18(17)31-2)24(29)27(7-3-5-26-6-4-25)22-14-9-19-20(33-12-32-19)10-15(14)23(28)21(13)22/h8-11,26H,3-7,12,25H2,1-2H3. The first kappa shape index (κ1) is 21.3. The van der Waals surface area contributed by atoms with Crippen molar-refractivity contribution in [2.45, 2.75) is 13.0 Å². The van der Waals surface area contributed by atoms with Crippen molar-refractivity contribution >= 4 is 16.6 Å². The third-order valence-corrected chi connectivity index (χ3v) is 6.07. The number of carbonyl (C=O) groups is 1.